The largest absolute Gasteiger partial charge is 0.360 e. The van der Waals surface area contributed by atoms with Gasteiger partial charge in [0.2, 0.25) is 5.91 Å². The van der Waals surface area contributed by atoms with Gasteiger partial charge < -0.3 is 14.3 Å². The van der Waals surface area contributed by atoms with E-state index in [2.05, 4.69) is 19.8 Å². The maximum atomic E-state index is 12.5. The predicted molar refractivity (Wildman–Crippen MR) is 95.5 cm³/mol. The van der Waals surface area contributed by atoms with E-state index in [4.69, 9.17) is 4.52 Å². The van der Waals surface area contributed by atoms with Gasteiger partial charge in [0.05, 0.1) is 11.9 Å². The Hall–Kier alpha value is -2.62. The summed E-state index contributed by atoms with van der Waals surface area (Å²) in [6, 6.07) is 3.42. The summed E-state index contributed by atoms with van der Waals surface area (Å²) >= 11 is 0. The molecule has 0 aromatic carbocycles. The number of amides is 1. The summed E-state index contributed by atoms with van der Waals surface area (Å²) in [6.07, 6.45) is 1.47. The van der Waals surface area contributed by atoms with E-state index < -0.39 is 10.0 Å². The van der Waals surface area contributed by atoms with Gasteiger partial charge in [0.15, 0.2) is 10.7 Å². The number of hydrogen-bond acceptors (Lipinski definition) is 7. The van der Waals surface area contributed by atoms with Crippen LogP contribution in [0.3, 0.4) is 0 Å². The minimum absolute atomic E-state index is 0.0435. The van der Waals surface area contributed by atoms with Crippen LogP contribution in [0.15, 0.2) is 27.7 Å². The smallest absolute Gasteiger partial charge is 0.267 e. The van der Waals surface area contributed by atoms with Crippen LogP contribution in [0.4, 0.5) is 11.5 Å². The van der Waals surface area contributed by atoms with Crippen molar-refractivity contribution in [3.8, 4) is 0 Å². The van der Waals surface area contributed by atoms with Crippen molar-refractivity contribution >= 4 is 27.4 Å². The Kier molecular flexibility index (Phi) is 4.86. The quantitative estimate of drug-likeness (QED) is 0.849. The van der Waals surface area contributed by atoms with E-state index in [-0.39, 0.29) is 16.6 Å². The van der Waals surface area contributed by atoms with Gasteiger partial charge in [0, 0.05) is 33.1 Å². The topological polar surface area (TPSA) is 109 Å². The van der Waals surface area contributed by atoms with Gasteiger partial charge in [-0.1, -0.05) is 5.16 Å². The van der Waals surface area contributed by atoms with Gasteiger partial charge in [0.1, 0.15) is 11.5 Å². The van der Waals surface area contributed by atoms with E-state index in [0.717, 1.165) is 5.82 Å². The number of anilines is 2. The molecule has 26 heavy (non-hydrogen) atoms. The van der Waals surface area contributed by atoms with E-state index in [1.165, 1.54) is 6.20 Å². The zero-order valence-electron chi connectivity index (χ0n) is 14.9. The van der Waals surface area contributed by atoms with Gasteiger partial charge in [-0.05, 0) is 26.0 Å². The standard InChI is InChI=1S/C16H21N5O4S/c1-11-16(12(2)25-18-11)26(23,24)19-14-4-5-15(17-10-14)21-8-6-20(7-9-21)13(3)22/h4-5,10,19H,6-9H2,1-3H3. The molecule has 0 radical (unpaired) electrons. The molecule has 1 aliphatic rings. The van der Waals surface area contributed by atoms with Crippen molar-refractivity contribution in [1.82, 2.24) is 15.0 Å². The number of nitrogens with zero attached hydrogens (tertiary/aromatic N) is 4. The first-order valence-electron chi connectivity index (χ1n) is 8.20. The van der Waals surface area contributed by atoms with E-state index in [1.54, 1.807) is 37.8 Å². The molecule has 1 fully saturated rings. The number of sulfonamides is 1. The summed E-state index contributed by atoms with van der Waals surface area (Å²) in [7, 11) is -3.79. The average Bonchev–Trinajstić information content (AvgIpc) is 2.95. The maximum Gasteiger partial charge on any atom is 0.267 e. The molecule has 1 aliphatic heterocycles. The summed E-state index contributed by atoms with van der Waals surface area (Å²) in [5, 5.41) is 3.67. The fourth-order valence-electron chi connectivity index (χ4n) is 2.95. The highest BCUT2D eigenvalue weighted by Crippen LogP contribution is 2.23. The minimum Gasteiger partial charge on any atom is -0.360 e. The lowest BCUT2D eigenvalue weighted by molar-refractivity contribution is -0.129. The molecule has 0 bridgehead atoms. The second kappa shape index (κ2) is 6.94. The number of piperazine rings is 1. The van der Waals surface area contributed by atoms with Gasteiger partial charge in [-0.15, -0.1) is 0 Å². The maximum absolute atomic E-state index is 12.5. The van der Waals surface area contributed by atoms with Crippen molar-refractivity contribution in [1.29, 1.82) is 0 Å². The van der Waals surface area contributed by atoms with Crippen LogP contribution in [0.25, 0.3) is 0 Å². The molecule has 0 spiro atoms. The highest BCUT2D eigenvalue weighted by atomic mass is 32.2. The van der Waals surface area contributed by atoms with Crippen molar-refractivity contribution in [3.05, 3.63) is 29.8 Å². The van der Waals surface area contributed by atoms with Crippen LogP contribution in [0, 0.1) is 13.8 Å². The lowest BCUT2D eigenvalue weighted by Crippen LogP contribution is -2.48. The van der Waals surface area contributed by atoms with Gasteiger partial charge in [-0.3, -0.25) is 9.52 Å². The highest BCUT2D eigenvalue weighted by Gasteiger charge is 2.24. The number of pyridine rings is 1. The van der Waals surface area contributed by atoms with Gasteiger partial charge in [-0.2, -0.15) is 0 Å². The molecule has 3 rings (SSSR count). The van der Waals surface area contributed by atoms with Gasteiger partial charge in [-0.25, -0.2) is 13.4 Å². The molecule has 0 unspecified atom stereocenters. The summed E-state index contributed by atoms with van der Waals surface area (Å²) in [5.74, 6) is 1.05. The van der Waals surface area contributed by atoms with Gasteiger partial charge >= 0.3 is 0 Å². The first-order chi connectivity index (χ1) is 12.3. The SMILES string of the molecule is CC(=O)N1CCN(c2ccc(NS(=O)(=O)c3c(C)noc3C)cn2)CC1. The first kappa shape index (κ1) is 18.2. The molecule has 10 heteroatoms. The molecule has 0 saturated carbocycles. The Balaban J connectivity index is 1.70. The van der Waals surface area contributed by atoms with Crippen LogP contribution in [0.2, 0.25) is 0 Å². The van der Waals surface area contributed by atoms with Crippen molar-refractivity contribution < 1.29 is 17.7 Å². The summed E-state index contributed by atoms with van der Waals surface area (Å²) in [4.78, 5) is 19.6. The average molecular weight is 379 g/mol. The number of nitrogens with one attached hydrogen (secondary N) is 1. The molecule has 1 amide bonds. The Bertz CT molecular complexity index is 880. The van der Waals surface area contributed by atoms with Crippen LogP contribution in [0.5, 0.6) is 0 Å². The van der Waals surface area contributed by atoms with Crippen LogP contribution in [-0.2, 0) is 14.8 Å². The minimum atomic E-state index is -3.79. The normalized spacial score (nSPS) is 15.2. The number of aromatic nitrogens is 2. The molecule has 3 heterocycles. The molecule has 2 aromatic heterocycles. The Morgan fingerprint density at radius 2 is 1.88 bits per heavy atom. The lowest BCUT2D eigenvalue weighted by atomic mass is 10.3. The van der Waals surface area contributed by atoms with E-state index >= 15 is 0 Å². The van der Waals surface area contributed by atoms with Crippen molar-refractivity contribution in [2.45, 2.75) is 25.7 Å². The fraction of sp³-hybridized carbons (Fsp3) is 0.438. The van der Waals surface area contributed by atoms with Crippen molar-refractivity contribution in [2.24, 2.45) is 0 Å². The van der Waals surface area contributed by atoms with E-state index in [9.17, 15) is 13.2 Å². The summed E-state index contributed by atoms with van der Waals surface area (Å²) < 4.78 is 32.4. The van der Waals surface area contributed by atoms with Crippen LogP contribution < -0.4 is 9.62 Å². The fourth-order valence-corrected chi connectivity index (χ4v) is 4.32. The van der Waals surface area contributed by atoms with Gasteiger partial charge in [0.25, 0.3) is 10.0 Å². The zero-order valence-corrected chi connectivity index (χ0v) is 15.7. The predicted octanol–water partition coefficient (Wildman–Crippen LogP) is 1.16. The molecule has 1 N–H and O–H groups in total. The molecular weight excluding hydrogens is 358 g/mol. The summed E-state index contributed by atoms with van der Waals surface area (Å²) in [5.41, 5.74) is 0.666. The zero-order chi connectivity index (χ0) is 18.9. The van der Waals surface area contributed by atoms with Crippen LogP contribution in [-0.4, -0.2) is 55.5 Å². The number of hydrogen-bond donors (Lipinski definition) is 1. The lowest BCUT2D eigenvalue weighted by Gasteiger charge is -2.34. The summed E-state index contributed by atoms with van der Waals surface area (Å²) in [6.45, 7) is 7.37. The molecule has 1 saturated heterocycles. The molecule has 140 valence electrons. The second-order valence-corrected chi connectivity index (χ2v) is 7.78. The molecule has 0 atom stereocenters. The monoisotopic (exact) mass is 379 g/mol. The number of carbonyl (C=O) groups excluding carboxylic acids is 1. The molecule has 0 aliphatic carbocycles. The third kappa shape index (κ3) is 3.64. The highest BCUT2D eigenvalue weighted by molar-refractivity contribution is 7.92. The first-order valence-corrected chi connectivity index (χ1v) is 9.68. The molecular formula is C16H21N5O4S. The van der Waals surface area contributed by atoms with E-state index in [0.29, 0.717) is 37.6 Å². The van der Waals surface area contributed by atoms with E-state index in [1.807, 2.05) is 0 Å². The molecule has 9 nitrogen and oxygen atoms in total. The van der Waals surface area contributed by atoms with Crippen molar-refractivity contribution in [3.63, 3.8) is 0 Å². The second-order valence-electron chi connectivity index (χ2n) is 6.16. The third-order valence-corrected chi connectivity index (χ3v) is 5.91. The third-order valence-electron chi connectivity index (χ3n) is 4.29. The Morgan fingerprint density at radius 1 is 1.19 bits per heavy atom. The number of aryl methyl sites for hydroxylation is 2. The van der Waals surface area contributed by atoms with Crippen LogP contribution in [0.1, 0.15) is 18.4 Å². The van der Waals surface area contributed by atoms with Crippen LogP contribution >= 0.6 is 0 Å². The van der Waals surface area contributed by atoms with Crippen molar-refractivity contribution in [2.75, 3.05) is 35.8 Å². The number of rotatable bonds is 4. The Labute approximate surface area is 152 Å². The molecule has 2 aromatic rings. The number of carbonyl (C=O) groups is 1. The Morgan fingerprint density at radius 3 is 2.38 bits per heavy atom.